The second-order valence-corrected chi connectivity index (χ2v) is 6.24. The van der Waals surface area contributed by atoms with Crippen LogP contribution in [0.4, 0.5) is 21.8 Å². The molecule has 28 heavy (non-hydrogen) atoms. The second kappa shape index (κ2) is 7.95. The molecular formula is C19H18FN7O. The van der Waals surface area contributed by atoms with Crippen molar-refractivity contribution in [1.29, 1.82) is 0 Å². The van der Waals surface area contributed by atoms with Gasteiger partial charge in [0, 0.05) is 44.6 Å². The van der Waals surface area contributed by atoms with Crippen molar-refractivity contribution >= 4 is 23.4 Å². The third-order valence-corrected chi connectivity index (χ3v) is 4.47. The summed E-state index contributed by atoms with van der Waals surface area (Å²) in [6, 6.07) is 8.83. The van der Waals surface area contributed by atoms with Gasteiger partial charge in [-0.3, -0.25) is 9.78 Å². The Balaban J connectivity index is 1.41. The molecule has 1 N–H and O–H groups in total. The van der Waals surface area contributed by atoms with E-state index in [0.29, 0.717) is 37.8 Å². The molecule has 0 radical (unpaired) electrons. The molecule has 0 spiro atoms. The lowest BCUT2D eigenvalue weighted by Crippen LogP contribution is -2.49. The lowest BCUT2D eigenvalue weighted by atomic mass is 10.2. The molecular weight excluding hydrogens is 361 g/mol. The minimum Gasteiger partial charge on any atom is -0.353 e. The van der Waals surface area contributed by atoms with Gasteiger partial charge in [-0.25, -0.2) is 19.3 Å². The van der Waals surface area contributed by atoms with Gasteiger partial charge in [-0.2, -0.15) is 0 Å². The molecule has 0 aromatic carbocycles. The van der Waals surface area contributed by atoms with Crippen molar-refractivity contribution in [3.05, 3.63) is 66.6 Å². The van der Waals surface area contributed by atoms with Crippen LogP contribution in [0.3, 0.4) is 0 Å². The maximum atomic E-state index is 13.8. The highest BCUT2D eigenvalue weighted by Gasteiger charge is 2.24. The van der Waals surface area contributed by atoms with Gasteiger partial charge in [-0.1, -0.05) is 6.07 Å². The van der Waals surface area contributed by atoms with Crippen molar-refractivity contribution in [1.82, 2.24) is 24.8 Å². The number of pyridine rings is 2. The third kappa shape index (κ3) is 3.88. The van der Waals surface area contributed by atoms with Crippen LogP contribution in [0, 0.1) is 5.82 Å². The van der Waals surface area contributed by atoms with E-state index in [1.807, 2.05) is 24.3 Å². The van der Waals surface area contributed by atoms with E-state index in [2.05, 4.69) is 30.2 Å². The molecule has 0 bridgehead atoms. The van der Waals surface area contributed by atoms with Crippen LogP contribution in [0.15, 0.2) is 55.2 Å². The smallest absolute Gasteiger partial charge is 0.257 e. The molecule has 4 rings (SSSR count). The maximum Gasteiger partial charge on any atom is 0.257 e. The number of carbonyl (C=O) groups is 1. The Morgan fingerprint density at radius 2 is 1.86 bits per heavy atom. The summed E-state index contributed by atoms with van der Waals surface area (Å²) in [5.74, 6) is 1.18. The zero-order valence-corrected chi connectivity index (χ0v) is 15.0. The number of nitrogens with one attached hydrogen (secondary N) is 1. The number of aromatic nitrogens is 4. The highest BCUT2D eigenvalue weighted by molar-refractivity contribution is 5.94. The summed E-state index contributed by atoms with van der Waals surface area (Å²) < 4.78 is 13.8. The molecule has 8 nitrogen and oxygen atoms in total. The molecule has 9 heteroatoms. The first-order valence-corrected chi connectivity index (χ1v) is 8.84. The van der Waals surface area contributed by atoms with E-state index in [-0.39, 0.29) is 11.5 Å². The van der Waals surface area contributed by atoms with Crippen LogP contribution in [0.5, 0.6) is 0 Å². The number of nitrogens with zero attached hydrogens (tertiary/aromatic N) is 6. The zero-order chi connectivity index (χ0) is 19.3. The van der Waals surface area contributed by atoms with Crippen molar-refractivity contribution < 1.29 is 9.18 Å². The van der Waals surface area contributed by atoms with Crippen LogP contribution in [0.25, 0.3) is 0 Å². The van der Waals surface area contributed by atoms with Gasteiger partial charge in [0.1, 0.15) is 23.8 Å². The van der Waals surface area contributed by atoms with Crippen LogP contribution in [-0.4, -0.2) is 56.9 Å². The van der Waals surface area contributed by atoms with E-state index in [1.165, 1.54) is 18.6 Å². The Hall–Kier alpha value is -3.62. The first-order chi connectivity index (χ1) is 13.7. The molecule has 3 aromatic rings. The van der Waals surface area contributed by atoms with E-state index in [1.54, 1.807) is 11.1 Å². The molecule has 1 aliphatic heterocycles. The van der Waals surface area contributed by atoms with E-state index in [0.717, 1.165) is 12.0 Å². The van der Waals surface area contributed by atoms with Crippen molar-refractivity contribution in [3.63, 3.8) is 0 Å². The first kappa shape index (κ1) is 17.8. The summed E-state index contributed by atoms with van der Waals surface area (Å²) >= 11 is 0. The molecule has 142 valence electrons. The predicted octanol–water partition coefficient (Wildman–Crippen LogP) is 2.11. The van der Waals surface area contributed by atoms with Gasteiger partial charge < -0.3 is 15.1 Å². The molecule has 1 saturated heterocycles. The highest BCUT2D eigenvalue weighted by atomic mass is 19.1. The Morgan fingerprint density at radius 3 is 2.61 bits per heavy atom. The van der Waals surface area contributed by atoms with Crippen molar-refractivity contribution in [2.75, 3.05) is 36.4 Å². The van der Waals surface area contributed by atoms with Gasteiger partial charge in [-0.15, -0.1) is 0 Å². The topological polar surface area (TPSA) is 87.1 Å². The number of hydrogen-bond acceptors (Lipinski definition) is 7. The van der Waals surface area contributed by atoms with E-state index in [4.69, 9.17) is 0 Å². The van der Waals surface area contributed by atoms with Crippen LogP contribution < -0.4 is 10.2 Å². The number of halogens is 1. The maximum absolute atomic E-state index is 13.8. The van der Waals surface area contributed by atoms with Crippen molar-refractivity contribution in [2.24, 2.45) is 0 Å². The van der Waals surface area contributed by atoms with Crippen molar-refractivity contribution in [2.45, 2.75) is 0 Å². The van der Waals surface area contributed by atoms with Gasteiger partial charge in [-0.05, 0) is 18.2 Å². The van der Waals surface area contributed by atoms with Crippen LogP contribution in [0.2, 0.25) is 0 Å². The van der Waals surface area contributed by atoms with Gasteiger partial charge >= 0.3 is 0 Å². The molecule has 0 aliphatic carbocycles. The highest BCUT2D eigenvalue weighted by Crippen LogP contribution is 2.19. The number of amides is 1. The quantitative estimate of drug-likeness (QED) is 0.743. The molecule has 1 amide bonds. The minimum absolute atomic E-state index is 0.0485. The SMILES string of the molecule is O=C(c1ccncc1F)N1CCN(c2cc(Nc3ccccn3)ncn2)CC1. The van der Waals surface area contributed by atoms with Gasteiger partial charge in [0.2, 0.25) is 0 Å². The monoisotopic (exact) mass is 379 g/mol. The number of piperazine rings is 1. The fraction of sp³-hybridized carbons (Fsp3) is 0.211. The average Bonchev–Trinajstić information content (AvgIpc) is 2.75. The lowest BCUT2D eigenvalue weighted by molar-refractivity contribution is 0.0741. The third-order valence-electron chi connectivity index (χ3n) is 4.47. The summed E-state index contributed by atoms with van der Waals surface area (Å²) in [5.41, 5.74) is 0.0485. The fourth-order valence-electron chi connectivity index (χ4n) is 3.01. The van der Waals surface area contributed by atoms with Crippen molar-refractivity contribution in [3.8, 4) is 0 Å². The van der Waals surface area contributed by atoms with Crippen LogP contribution >= 0.6 is 0 Å². The molecule has 0 atom stereocenters. The van der Waals surface area contributed by atoms with Gasteiger partial charge in [0.15, 0.2) is 5.82 Å². The lowest BCUT2D eigenvalue weighted by Gasteiger charge is -2.35. The Bertz CT molecular complexity index is 961. The van der Waals surface area contributed by atoms with E-state index < -0.39 is 5.82 Å². The second-order valence-electron chi connectivity index (χ2n) is 6.24. The fourth-order valence-corrected chi connectivity index (χ4v) is 3.01. The minimum atomic E-state index is -0.601. The summed E-state index contributed by atoms with van der Waals surface area (Å²) in [6.07, 6.45) is 5.67. The summed E-state index contributed by atoms with van der Waals surface area (Å²) in [4.78, 5) is 32.7. The molecule has 1 aliphatic rings. The molecule has 0 unspecified atom stereocenters. The Labute approximate surface area is 161 Å². The average molecular weight is 379 g/mol. The largest absolute Gasteiger partial charge is 0.353 e. The van der Waals surface area contributed by atoms with Gasteiger partial charge in [0.05, 0.1) is 11.8 Å². The number of hydrogen-bond donors (Lipinski definition) is 1. The Morgan fingerprint density at radius 1 is 1.00 bits per heavy atom. The number of rotatable bonds is 4. The molecule has 3 aromatic heterocycles. The summed E-state index contributed by atoms with van der Waals surface area (Å²) in [7, 11) is 0. The van der Waals surface area contributed by atoms with E-state index in [9.17, 15) is 9.18 Å². The summed E-state index contributed by atoms with van der Waals surface area (Å²) in [6.45, 7) is 2.15. The Kier molecular flexibility index (Phi) is 5.05. The molecule has 0 saturated carbocycles. The predicted molar refractivity (Wildman–Crippen MR) is 102 cm³/mol. The van der Waals surface area contributed by atoms with Gasteiger partial charge in [0.25, 0.3) is 5.91 Å². The van der Waals surface area contributed by atoms with E-state index >= 15 is 0 Å². The molecule has 4 heterocycles. The zero-order valence-electron chi connectivity index (χ0n) is 15.0. The number of carbonyl (C=O) groups excluding carboxylic acids is 1. The standard InChI is InChI=1S/C19H18FN7O/c20-15-12-21-6-4-14(15)19(28)27-9-7-26(8-10-27)18-11-17(23-13-24-18)25-16-3-1-2-5-22-16/h1-6,11-13H,7-10H2,(H,22,23,24,25). The number of anilines is 3. The molecule has 1 fully saturated rings. The van der Waals surface area contributed by atoms with Crippen LogP contribution in [0.1, 0.15) is 10.4 Å². The summed E-state index contributed by atoms with van der Waals surface area (Å²) in [5, 5.41) is 3.14. The van der Waals surface area contributed by atoms with Crippen LogP contribution in [-0.2, 0) is 0 Å². The normalized spacial score (nSPS) is 14.0. The first-order valence-electron chi connectivity index (χ1n) is 8.84.